The van der Waals surface area contributed by atoms with Crippen LogP contribution in [0.1, 0.15) is 29.2 Å². The number of carbonyl (C=O) groups is 1. The molecule has 0 atom stereocenters. The molecular weight excluding hydrogens is 322 g/mol. The zero-order valence-corrected chi connectivity index (χ0v) is 15.3. The number of thioether (sulfide) groups is 2. The lowest BCUT2D eigenvalue weighted by atomic mass is 9.96. The summed E-state index contributed by atoms with van der Waals surface area (Å²) in [4.78, 5) is 11.4. The van der Waals surface area contributed by atoms with Crippen molar-refractivity contribution in [2.75, 3.05) is 16.8 Å². The van der Waals surface area contributed by atoms with Crippen LogP contribution in [0.3, 0.4) is 0 Å². The molecule has 0 spiro atoms. The summed E-state index contributed by atoms with van der Waals surface area (Å²) in [6.45, 7) is 5.76. The number of aryl methyl sites for hydroxylation is 2. The molecule has 2 nitrogen and oxygen atoms in total. The van der Waals surface area contributed by atoms with E-state index in [0.717, 1.165) is 22.8 Å². The van der Waals surface area contributed by atoms with E-state index in [1.165, 1.54) is 16.7 Å². The number of carbonyl (C=O) groups excluding carboxylic acids is 1. The summed E-state index contributed by atoms with van der Waals surface area (Å²) >= 11 is 4.03. The van der Waals surface area contributed by atoms with Gasteiger partial charge in [-0.25, -0.2) is 0 Å². The third-order valence-electron chi connectivity index (χ3n) is 4.08. The Morgan fingerprint density at radius 3 is 2.30 bits per heavy atom. The molecular formula is C19H21NOS2. The lowest BCUT2D eigenvalue weighted by Crippen LogP contribution is -2.19. The monoisotopic (exact) mass is 343 g/mol. The van der Waals surface area contributed by atoms with Gasteiger partial charge >= 0.3 is 0 Å². The zero-order chi connectivity index (χ0) is 16.4. The van der Waals surface area contributed by atoms with Gasteiger partial charge in [0.25, 0.3) is 0 Å². The maximum absolute atomic E-state index is 11.4. The van der Waals surface area contributed by atoms with Crippen LogP contribution in [0.4, 0.5) is 5.69 Å². The van der Waals surface area contributed by atoms with E-state index in [1.54, 1.807) is 6.92 Å². The first-order chi connectivity index (χ1) is 11.0. The molecule has 0 bridgehead atoms. The number of benzene rings is 2. The highest BCUT2D eigenvalue weighted by atomic mass is 32.2. The summed E-state index contributed by atoms with van der Waals surface area (Å²) in [6.07, 6.45) is 0. The lowest BCUT2D eigenvalue weighted by Gasteiger charge is -2.31. The number of hydrogen-bond donors (Lipinski definition) is 1. The molecule has 1 N–H and O–H groups in total. The molecule has 0 radical (unpaired) electrons. The topological polar surface area (TPSA) is 29.1 Å². The van der Waals surface area contributed by atoms with Gasteiger partial charge in [0.15, 0.2) is 0 Å². The minimum absolute atomic E-state index is 0.0253. The van der Waals surface area contributed by atoms with Gasteiger partial charge in [0.1, 0.15) is 4.08 Å². The minimum atomic E-state index is -0.0368. The molecule has 1 heterocycles. The van der Waals surface area contributed by atoms with Gasteiger partial charge in [-0.1, -0.05) is 36.4 Å². The second kappa shape index (κ2) is 6.62. The van der Waals surface area contributed by atoms with E-state index < -0.39 is 0 Å². The Morgan fingerprint density at radius 1 is 1.04 bits per heavy atom. The molecule has 4 heteroatoms. The van der Waals surface area contributed by atoms with Gasteiger partial charge in [-0.2, -0.15) is 0 Å². The Morgan fingerprint density at radius 2 is 1.70 bits per heavy atom. The smallest absolute Gasteiger partial charge is 0.221 e. The van der Waals surface area contributed by atoms with Crippen molar-refractivity contribution in [3.05, 3.63) is 64.7 Å². The predicted molar refractivity (Wildman–Crippen MR) is 102 cm³/mol. The molecule has 2 aromatic rings. The Bertz CT molecular complexity index is 722. The van der Waals surface area contributed by atoms with Gasteiger partial charge in [0.2, 0.25) is 5.91 Å². The van der Waals surface area contributed by atoms with Crippen molar-refractivity contribution in [3.63, 3.8) is 0 Å². The van der Waals surface area contributed by atoms with Crippen molar-refractivity contribution in [3.8, 4) is 0 Å². The quantitative estimate of drug-likeness (QED) is 0.855. The first-order valence-electron chi connectivity index (χ1n) is 7.76. The SMILES string of the molecule is CC(=O)Nc1cc(C)c(C2(c3ccccc3)SCCS2)cc1C. The number of amides is 1. The normalized spacial score (nSPS) is 16.3. The number of rotatable bonds is 3. The van der Waals surface area contributed by atoms with Gasteiger partial charge in [-0.05, 0) is 42.2 Å². The molecule has 1 saturated heterocycles. The largest absolute Gasteiger partial charge is 0.326 e. The van der Waals surface area contributed by atoms with Crippen LogP contribution in [-0.2, 0) is 8.87 Å². The Balaban J connectivity index is 2.11. The van der Waals surface area contributed by atoms with Crippen molar-refractivity contribution in [1.82, 2.24) is 0 Å². The van der Waals surface area contributed by atoms with E-state index in [1.807, 2.05) is 23.5 Å². The maximum atomic E-state index is 11.4. The molecule has 1 fully saturated rings. The van der Waals surface area contributed by atoms with Crippen LogP contribution in [0.25, 0.3) is 0 Å². The number of anilines is 1. The van der Waals surface area contributed by atoms with Crippen LogP contribution >= 0.6 is 23.5 Å². The predicted octanol–water partition coefficient (Wildman–Crippen LogP) is 4.94. The Kier molecular flexibility index (Phi) is 4.74. The number of hydrogen-bond acceptors (Lipinski definition) is 3. The van der Waals surface area contributed by atoms with Crippen LogP contribution in [0.5, 0.6) is 0 Å². The van der Waals surface area contributed by atoms with Gasteiger partial charge in [0, 0.05) is 24.1 Å². The highest BCUT2D eigenvalue weighted by Gasteiger charge is 2.40. The Labute approximate surface area is 146 Å². The molecule has 0 aromatic heterocycles. The highest BCUT2D eigenvalue weighted by Crippen LogP contribution is 2.57. The summed E-state index contributed by atoms with van der Waals surface area (Å²) in [5, 5.41) is 2.93. The summed E-state index contributed by atoms with van der Waals surface area (Å²) in [6, 6.07) is 15.1. The van der Waals surface area contributed by atoms with Gasteiger partial charge in [0.05, 0.1) is 0 Å². The number of nitrogens with one attached hydrogen (secondary N) is 1. The molecule has 120 valence electrons. The molecule has 3 rings (SSSR count). The first kappa shape index (κ1) is 16.5. The molecule has 0 saturated carbocycles. The van der Waals surface area contributed by atoms with Crippen LogP contribution in [0.2, 0.25) is 0 Å². The summed E-state index contributed by atoms with van der Waals surface area (Å²) in [5.41, 5.74) is 5.95. The van der Waals surface area contributed by atoms with Gasteiger partial charge in [-0.3, -0.25) is 4.79 Å². The molecule has 0 unspecified atom stereocenters. The fraction of sp³-hybridized carbons (Fsp3) is 0.316. The molecule has 23 heavy (non-hydrogen) atoms. The maximum Gasteiger partial charge on any atom is 0.221 e. The van der Waals surface area contributed by atoms with Crippen LogP contribution < -0.4 is 5.32 Å². The van der Waals surface area contributed by atoms with Crippen molar-refractivity contribution in [2.24, 2.45) is 0 Å². The molecule has 0 aliphatic carbocycles. The van der Waals surface area contributed by atoms with E-state index in [9.17, 15) is 4.79 Å². The second-order valence-electron chi connectivity index (χ2n) is 5.84. The average Bonchev–Trinajstić information content (AvgIpc) is 3.01. The van der Waals surface area contributed by atoms with E-state index in [-0.39, 0.29) is 9.99 Å². The van der Waals surface area contributed by atoms with E-state index in [2.05, 4.69) is 61.6 Å². The second-order valence-corrected chi connectivity index (χ2v) is 8.72. The van der Waals surface area contributed by atoms with Crippen molar-refractivity contribution in [1.29, 1.82) is 0 Å². The van der Waals surface area contributed by atoms with Crippen LogP contribution in [0.15, 0.2) is 42.5 Å². The zero-order valence-electron chi connectivity index (χ0n) is 13.7. The van der Waals surface area contributed by atoms with Crippen LogP contribution in [0, 0.1) is 13.8 Å². The van der Waals surface area contributed by atoms with Crippen molar-refractivity contribution in [2.45, 2.75) is 24.9 Å². The standard InChI is InChI=1S/C19H21NOS2/c1-13-12-18(20-15(3)21)14(2)11-17(13)19(22-9-10-23-19)16-7-5-4-6-8-16/h4-8,11-12H,9-10H2,1-3H3,(H,20,21). The lowest BCUT2D eigenvalue weighted by molar-refractivity contribution is -0.114. The summed E-state index contributed by atoms with van der Waals surface area (Å²) in [7, 11) is 0. The average molecular weight is 344 g/mol. The van der Waals surface area contributed by atoms with E-state index >= 15 is 0 Å². The Hall–Kier alpha value is -1.39. The van der Waals surface area contributed by atoms with Gasteiger partial charge < -0.3 is 5.32 Å². The third kappa shape index (κ3) is 3.15. The fourth-order valence-corrected chi connectivity index (χ4v) is 6.47. The molecule has 2 aromatic carbocycles. The minimum Gasteiger partial charge on any atom is -0.326 e. The van der Waals surface area contributed by atoms with Gasteiger partial charge in [-0.15, -0.1) is 23.5 Å². The van der Waals surface area contributed by atoms with Crippen molar-refractivity contribution < 1.29 is 4.79 Å². The highest BCUT2D eigenvalue weighted by molar-refractivity contribution is 8.20. The molecule has 1 amide bonds. The molecule has 1 aliphatic rings. The third-order valence-corrected chi connectivity index (χ3v) is 7.59. The van der Waals surface area contributed by atoms with E-state index in [4.69, 9.17) is 0 Å². The summed E-state index contributed by atoms with van der Waals surface area (Å²) < 4.78 is -0.0368. The fourth-order valence-electron chi connectivity index (χ4n) is 3.04. The first-order valence-corrected chi connectivity index (χ1v) is 9.73. The summed E-state index contributed by atoms with van der Waals surface area (Å²) in [5.74, 6) is 2.29. The van der Waals surface area contributed by atoms with Crippen molar-refractivity contribution >= 4 is 35.1 Å². The van der Waals surface area contributed by atoms with E-state index in [0.29, 0.717) is 0 Å². The van der Waals surface area contributed by atoms with Crippen LogP contribution in [-0.4, -0.2) is 17.4 Å². The molecule has 1 aliphatic heterocycles.